The Balaban J connectivity index is 3.17. The van der Waals surface area contributed by atoms with Crippen LogP contribution in [0.3, 0.4) is 0 Å². The largest absolute Gasteiger partial charge is 0.495 e. The molecule has 1 rings (SSSR count). The maximum Gasteiger partial charge on any atom is 0.420 e. The van der Waals surface area contributed by atoms with Crippen molar-refractivity contribution in [1.29, 1.82) is 0 Å². The zero-order valence-electron chi connectivity index (χ0n) is 9.84. The van der Waals surface area contributed by atoms with Crippen LogP contribution < -0.4 is 15.8 Å². The fourth-order valence-electron chi connectivity index (χ4n) is 1.29. The summed E-state index contributed by atoms with van der Waals surface area (Å²) in [5.74, 6) is -1.32. The van der Waals surface area contributed by atoms with Crippen LogP contribution in [0.25, 0.3) is 0 Å². The van der Waals surface area contributed by atoms with Crippen molar-refractivity contribution in [2.45, 2.75) is 18.6 Å². The second kappa shape index (κ2) is 4.75. The molecule has 0 saturated carbocycles. The molecule has 1 unspecified atom stereocenters. The number of hydrogen-bond donors (Lipinski definition) is 2. The van der Waals surface area contributed by atoms with Crippen molar-refractivity contribution in [2.24, 2.45) is 5.73 Å². The van der Waals surface area contributed by atoms with E-state index < -0.39 is 17.6 Å². The number of nitrogens with two attached hydrogens (primary N) is 1. The van der Waals surface area contributed by atoms with E-state index in [4.69, 9.17) is 10.5 Å². The molecular formula is C11H13F3N2O2. The minimum absolute atomic E-state index is 0.0404. The van der Waals surface area contributed by atoms with Gasteiger partial charge in [-0.3, -0.25) is 4.79 Å². The summed E-state index contributed by atoms with van der Waals surface area (Å²) in [7, 11) is 1.32. The Morgan fingerprint density at radius 1 is 1.33 bits per heavy atom. The summed E-state index contributed by atoms with van der Waals surface area (Å²) >= 11 is 0. The predicted molar refractivity (Wildman–Crippen MR) is 60.3 cm³/mol. The maximum atomic E-state index is 12.9. The SMILES string of the molecule is COc1ccccc1NC(C)(C(N)=O)C(F)(F)F. The van der Waals surface area contributed by atoms with E-state index in [1.807, 2.05) is 0 Å². The first kappa shape index (κ1) is 14.1. The van der Waals surface area contributed by atoms with Crippen LogP contribution in [0.2, 0.25) is 0 Å². The van der Waals surface area contributed by atoms with Crippen molar-refractivity contribution in [2.75, 3.05) is 12.4 Å². The van der Waals surface area contributed by atoms with E-state index >= 15 is 0 Å². The molecule has 4 nitrogen and oxygen atoms in total. The monoisotopic (exact) mass is 262 g/mol. The van der Waals surface area contributed by atoms with E-state index in [9.17, 15) is 18.0 Å². The van der Waals surface area contributed by atoms with E-state index in [1.165, 1.54) is 25.3 Å². The lowest BCUT2D eigenvalue weighted by Crippen LogP contribution is -2.58. The van der Waals surface area contributed by atoms with Gasteiger partial charge >= 0.3 is 6.18 Å². The number of hydrogen-bond acceptors (Lipinski definition) is 3. The van der Waals surface area contributed by atoms with Crippen LogP contribution in [0, 0.1) is 0 Å². The van der Waals surface area contributed by atoms with Crippen LogP contribution in [-0.4, -0.2) is 24.7 Å². The fraction of sp³-hybridized carbons (Fsp3) is 0.364. The van der Waals surface area contributed by atoms with E-state index in [2.05, 4.69) is 5.32 Å². The Hall–Kier alpha value is -1.92. The molecule has 0 fully saturated rings. The molecule has 0 heterocycles. The Labute approximate surface area is 102 Å². The molecule has 100 valence electrons. The third-order valence-electron chi connectivity index (χ3n) is 2.55. The second-order valence-corrected chi connectivity index (χ2v) is 3.81. The zero-order chi connectivity index (χ0) is 14.0. The third kappa shape index (κ3) is 2.49. The van der Waals surface area contributed by atoms with Gasteiger partial charge in [-0.1, -0.05) is 12.1 Å². The molecule has 0 aliphatic rings. The summed E-state index contributed by atoms with van der Waals surface area (Å²) in [5.41, 5.74) is 2.02. The molecule has 1 aromatic carbocycles. The molecule has 0 radical (unpaired) electrons. The molecule has 0 aliphatic carbocycles. The van der Waals surface area contributed by atoms with Gasteiger partial charge < -0.3 is 15.8 Å². The van der Waals surface area contributed by atoms with E-state index in [-0.39, 0.29) is 11.4 Å². The van der Waals surface area contributed by atoms with Crippen molar-refractivity contribution < 1.29 is 22.7 Å². The van der Waals surface area contributed by atoms with Gasteiger partial charge in [0, 0.05) is 0 Å². The average molecular weight is 262 g/mol. The molecule has 0 aromatic heterocycles. The number of methoxy groups -OCH3 is 1. The number of anilines is 1. The van der Waals surface area contributed by atoms with Gasteiger partial charge in [0.1, 0.15) is 5.75 Å². The Bertz CT molecular complexity index is 448. The molecule has 0 saturated heterocycles. The number of primary amides is 1. The lowest BCUT2D eigenvalue weighted by Gasteiger charge is -2.31. The molecule has 7 heteroatoms. The first-order chi connectivity index (χ1) is 8.22. The molecule has 18 heavy (non-hydrogen) atoms. The molecule has 0 bridgehead atoms. The van der Waals surface area contributed by atoms with Gasteiger partial charge in [-0.05, 0) is 19.1 Å². The van der Waals surface area contributed by atoms with Gasteiger partial charge in [0.05, 0.1) is 12.8 Å². The van der Waals surface area contributed by atoms with Gasteiger partial charge in [0.2, 0.25) is 5.54 Å². The number of rotatable bonds is 4. The summed E-state index contributed by atoms with van der Waals surface area (Å²) < 4.78 is 43.5. The van der Waals surface area contributed by atoms with Crippen molar-refractivity contribution in [3.8, 4) is 5.75 Å². The van der Waals surface area contributed by atoms with Gasteiger partial charge in [0.15, 0.2) is 0 Å². The Morgan fingerprint density at radius 3 is 2.33 bits per heavy atom. The first-order valence-electron chi connectivity index (χ1n) is 5.00. The lowest BCUT2D eigenvalue weighted by atomic mass is 10.00. The van der Waals surface area contributed by atoms with Crippen LogP contribution in [-0.2, 0) is 4.79 Å². The molecule has 1 aromatic rings. The van der Waals surface area contributed by atoms with E-state index in [0.29, 0.717) is 6.92 Å². The predicted octanol–water partition coefficient (Wildman–Crippen LogP) is 1.91. The minimum Gasteiger partial charge on any atom is -0.495 e. The van der Waals surface area contributed by atoms with E-state index in [0.717, 1.165) is 0 Å². The quantitative estimate of drug-likeness (QED) is 0.871. The molecule has 0 aliphatic heterocycles. The maximum absolute atomic E-state index is 12.9. The van der Waals surface area contributed by atoms with Gasteiger partial charge in [-0.15, -0.1) is 0 Å². The highest BCUT2D eigenvalue weighted by Gasteiger charge is 2.56. The Kier molecular flexibility index (Phi) is 3.73. The van der Waals surface area contributed by atoms with E-state index in [1.54, 1.807) is 6.07 Å². The highest BCUT2D eigenvalue weighted by atomic mass is 19.4. The number of halogens is 3. The summed E-state index contributed by atoms with van der Waals surface area (Å²) in [6, 6.07) is 5.95. The standard InChI is InChI=1S/C11H13F3N2O2/c1-10(9(15)17,11(12,13)14)16-7-5-3-4-6-8(7)18-2/h3-6,16H,1-2H3,(H2,15,17). The smallest absolute Gasteiger partial charge is 0.420 e. The second-order valence-electron chi connectivity index (χ2n) is 3.81. The van der Waals surface area contributed by atoms with Gasteiger partial charge in [0.25, 0.3) is 5.91 Å². The fourth-order valence-corrected chi connectivity index (χ4v) is 1.29. The van der Waals surface area contributed by atoms with Crippen molar-refractivity contribution >= 4 is 11.6 Å². The highest BCUT2D eigenvalue weighted by Crippen LogP contribution is 2.35. The lowest BCUT2D eigenvalue weighted by molar-refractivity contribution is -0.180. The summed E-state index contributed by atoms with van der Waals surface area (Å²) in [4.78, 5) is 11.1. The number of alkyl halides is 3. The number of ether oxygens (including phenoxy) is 1. The van der Waals surface area contributed by atoms with Crippen LogP contribution in [0.1, 0.15) is 6.92 Å². The Morgan fingerprint density at radius 2 is 1.89 bits per heavy atom. The topological polar surface area (TPSA) is 64.3 Å². The van der Waals surface area contributed by atoms with Crippen LogP contribution >= 0.6 is 0 Å². The minimum atomic E-state index is -4.82. The first-order valence-corrected chi connectivity index (χ1v) is 5.00. The zero-order valence-corrected chi connectivity index (χ0v) is 9.84. The summed E-state index contributed by atoms with van der Waals surface area (Å²) in [5, 5.41) is 2.09. The highest BCUT2D eigenvalue weighted by molar-refractivity contribution is 5.89. The van der Waals surface area contributed by atoms with Gasteiger partial charge in [-0.25, -0.2) is 0 Å². The number of para-hydroxylation sites is 2. The molecule has 3 N–H and O–H groups in total. The van der Waals surface area contributed by atoms with Crippen LogP contribution in [0.5, 0.6) is 5.75 Å². The number of benzene rings is 1. The number of carbonyl (C=O) groups excluding carboxylic acids is 1. The molecule has 1 atom stereocenters. The molecule has 0 spiro atoms. The number of carbonyl (C=O) groups is 1. The third-order valence-corrected chi connectivity index (χ3v) is 2.55. The number of nitrogens with one attached hydrogen (secondary N) is 1. The number of amides is 1. The molecular weight excluding hydrogens is 249 g/mol. The normalized spacial score (nSPS) is 14.7. The van der Waals surface area contributed by atoms with Crippen LogP contribution in [0.4, 0.5) is 18.9 Å². The van der Waals surface area contributed by atoms with Crippen LogP contribution in [0.15, 0.2) is 24.3 Å². The summed E-state index contributed by atoms with van der Waals surface area (Å²) in [6.07, 6.45) is -4.82. The van der Waals surface area contributed by atoms with Gasteiger partial charge in [-0.2, -0.15) is 13.2 Å². The molecule has 1 amide bonds. The summed E-state index contributed by atoms with van der Waals surface area (Å²) in [6.45, 7) is 0.682. The van der Waals surface area contributed by atoms with Crippen molar-refractivity contribution in [1.82, 2.24) is 0 Å². The average Bonchev–Trinajstić information content (AvgIpc) is 2.27. The van der Waals surface area contributed by atoms with Crippen molar-refractivity contribution in [3.63, 3.8) is 0 Å². The van der Waals surface area contributed by atoms with Crippen molar-refractivity contribution in [3.05, 3.63) is 24.3 Å².